The van der Waals surface area contributed by atoms with Gasteiger partial charge >= 0.3 is 5.97 Å². The molecular formula is C16H18N2O6S. The molecule has 25 heavy (non-hydrogen) atoms. The van der Waals surface area contributed by atoms with Crippen LogP contribution in [-0.4, -0.2) is 48.7 Å². The van der Waals surface area contributed by atoms with Crippen LogP contribution in [0.25, 0.3) is 0 Å². The van der Waals surface area contributed by atoms with E-state index in [-0.39, 0.29) is 43.7 Å². The largest absolute Gasteiger partial charge is 0.336 e. The zero-order valence-electron chi connectivity index (χ0n) is 13.5. The molecule has 0 saturated carbocycles. The maximum Gasteiger partial charge on any atom is 0.336 e. The Hall–Kier alpha value is -2.26. The second-order valence-corrected chi connectivity index (χ2v) is 7.92. The van der Waals surface area contributed by atoms with Crippen molar-refractivity contribution >= 4 is 27.8 Å². The Labute approximate surface area is 145 Å². The van der Waals surface area contributed by atoms with Crippen LogP contribution in [0, 0.1) is 5.92 Å². The van der Waals surface area contributed by atoms with Crippen LogP contribution in [0.1, 0.15) is 25.7 Å². The number of hydroxylamine groups is 2. The predicted octanol–water partition coefficient (Wildman–Crippen LogP) is 0.694. The Morgan fingerprint density at radius 1 is 1.00 bits per heavy atom. The molecular weight excluding hydrogens is 348 g/mol. The molecule has 2 heterocycles. The Morgan fingerprint density at radius 3 is 2.12 bits per heavy atom. The molecule has 0 bridgehead atoms. The number of nitrogens with zero attached hydrogens (tertiary/aromatic N) is 2. The standard InChI is InChI=1S/C16H18N2O6S/c19-14-6-7-15(20)18(14)24-16(21)12-8-10-17(11-9-12)25(22,23)13-4-2-1-3-5-13/h1-5,12H,6-11H2. The number of rotatable bonds is 4. The SMILES string of the molecule is O=C(ON1C(=O)CCC1=O)C1CCN(S(=O)(=O)c2ccccc2)CC1. The van der Waals surface area contributed by atoms with Crippen molar-refractivity contribution in [3.8, 4) is 0 Å². The minimum atomic E-state index is -3.59. The molecule has 2 fully saturated rings. The van der Waals surface area contributed by atoms with Crippen molar-refractivity contribution in [3.63, 3.8) is 0 Å². The molecule has 3 rings (SSSR count). The number of hydrogen-bond acceptors (Lipinski definition) is 6. The van der Waals surface area contributed by atoms with Gasteiger partial charge in [0.25, 0.3) is 11.8 Å². The first-order valence-corrected chi connectivity index (χ1v) is 9.46. The molecule has 2 aliphatic rings. The number of carbonyl (C=O) groups excluding carboxylic acids is 3. The lowest BCUT2D eigenvalue weighted by Gasteiger charge is -2.30. The van der Waals surface area contributed by atoms with Crippen molar-refractivity contribution in [2.75, 3.05) is 13.1 Å². The highest BCUT2D eigenvalue weighted by Crippen LogP contribution is 2.25. The first kappa shape index (κ1) is 17.6. The van der Waals surface area contributed by atoms with Crippen molar-refractivity contribution in [2.24, 2.45) is 5.92 Å². The number of amides is 2. The van der Waals surface area contributed by atoms with Crippen molar-refractivity contribution in [1.82, 2.24) is 9.37 Å². The molecule has 9 heteroatoms. The third-order valence-electron chi connectivity index (χ3n) is 4.36. The molecule has 0 N–H and O–H groups in total. The Kier molecular flexibility index (Phi) is 4.87. The molecule has 0 spiro atoms. The molecule has 2 aliphatic heterocycles. The maximum atomic E-state index is 12.5. The molecule has 2 amide bonds. The van der Waals surface area contributed by atoms with Crippen LogP contribution < -0.4 is 0 Å². The van der Waals surface area contributed by atoms with Gasteiger partial charge in [0.15, 0.2) is 0 Å². The summed E-state index contributed by atoms with van der Waals surface area (Å²) < 4.78 is 26.4. The summed E-state index contributed by atoms with van der Waals surface area (Å²) in [6, 6.07) is 8.10. The van der Waals surface area contributed by atoms with Crippen LogP contribution in [0.3, 0.4) is 0 Å². The van der Waals surface area contributed by atoms with Crippen molar-refractivity contribution < 1.29 is 27.6 Å². The topological polar surface area (TPSA) is 101 Å². The summed E-state index contributed by atoms with van der Waals surface area (Å²) in [5.41, 5.74) is 0. The summed E-state index contributed by atoms with van der Waals surface area (Å²) in [7, 11) is -3.59. The van der Waals surface area contributed by atoms with E-state index in [1.165, 1.54) is 16.4 Å². The second kappa shape index (κ2) is 6.93. The van der Waals surface area contributed by atoms with Gasteiger partial charge in [-0.3, -0.25) is 9.59 Å². The third kappa shape index (κ3) is 3.57. The summed E-state index contributed by atoms with van der Waals surface area (Å²) in [5.74, 6) is -2.26. The zero-order chi connectivity index (χ0) is 18.0. The average Bonchev–Trinajstić information content (AvgIpc) is 2.94. The van der Waals surface area contributed by atoms with Gasteiger partial charge in [0.05, 0.1) is 10.8 Å². The number of hydrogen-bond donors (Lipinski definition) is 0. The predicted molar refractivity (Wildman–Crippen MR) is 85.1 cm³/mol. The summed E-state index contributed by atoms with van der Waals surface area (Å²) in [6.07, 6.45) is 0.641. The van der Waals surface area contributed by atoms with E-state index in [9.17, 15) is 22.8 Å². The maximum absolute atomic E-state index is 12.5. The van der Waals surface area contributed by atoms with E-state index in [1.807, 2.05) is 0 Å². The van der Waals surface area contributed by atoms with Gasteiger partial charge in [-0.1, -0.05) is 18.2 Å². The quantitative estimate of drug-likeness (QED) is 0.727. The van der Waals surface area contributed by atoms with E-state index >= 15 is 0 Å². The molecule has 0 atom stereocenters. The fourth-order valence-corrected chi connectivity index (χ4v) is 4.39. The van der Waals surface area contributed by atoms with E-state index in [0.717, 1.165) is 0 Å². The van der Waals surface area contributed by atoms with Gasteiger partial charge in [0, 0.05) is 25.9 Å². The fraction of sp³-hybridized carbons (Fsp3) is 0.438. The average molecular weight is 366 g/mol. The molecule has 8 nitrogen and oxygen atoms in total. The first-order chi connectivity index (χ1) is 11.9. The Balaban J connectivity index is 1.59. The van der Waals surface area contributed by atoms with Gasteiger partial charge in [-0.15, -0.1) is 5.06 Å². The van der Waals surface area contributed by atoms with Crippen LogP contribution >= 0.6 is 0 Å². The minimum absolute atomic E-state index is 0.0415. The van der Waals surface area contributed by atoms with E-state index in [2.05, 4.69) is 0 Å². The van der Waals surface area contributed by atoms with Crippen LogP contribution in [-0.2, 0) is 29.2 Å². The lowest BCUT2D eigenvalue weighted by Crippen LogP contribution is -2.42. The smallest absolute Gasteiger partial charge is 0.330 e. The third-order valence-corrected chi connectivity index (χ3v) is 6.27. The lowest BCUT2D eigenvalue weighted by atomic mass is 9.99. The highest BCUT2D eigenvalue weighted by molar-refractivity contribution is 7.89. The summed E-state index contributed by atoms with van der Waals surface area (Å²) >= 11 is 0. The van der Waals surface area contributed by atoms with E-state index < -0.39 is 33.7 Å². The van der Waals surface area contributed by atoms with Crippen LogP contribution in [0.15, 0.2) is 35.2 Å². The molecule has 1 aromatic carbocycles. The summed E-state index contributed by atoms with van der Waals surface area (Å²) in [6.45, 7) is 0.359. The summed E-state index contributed by atoms with van der Waals surface area (Å²) in [4.78, 5) is 40.2. The molecule has 0 unspecified atom stereocenters. The monoisotopic (exact) mass is 366 g/mol. The van der Waals surface area contributed by atoms with Crippen molar-refractivity contribution in [3.05, 3.63) is 30.3 Å². The Bertz CT molecular complexity index is 768. The van der Waals surface area contributed by atoms with Crippen LogP contribution in [0.4, 0.5) is 0 Å². The highest BCUT2D eigenvalue weighted by atomic mass is 32.2. The molecule has 0 aliphatic carbocycles. The number of carbonyl (C=O) groups is 3. The number of piperidine rings is 1. The van der Waals surface area contributed by atoms with Gasteiger partial charge in [0.1, 0.15) is 0 Å². The normalized spacial score (nSPS) is 20.1. The number of imide groups is 1. The molecule has 1 aromatic rings. The van der Waals surface area contributed by atoms with Crippen molar-refractivity contribution in [2.45, 2.75) is 30.6 Å². The van der Waals surface area contributed by atoms with E-state index in [0.29, 0.717) is 5.06 Å². The lowest BCUT2D eigenvalue weighted by molar-refractivity contribution is -0.201. The number of sulfonamides is 1. The van der Waals surface area contributed by atoms with Gasteiger partial charge < -0.3 is 4.84 Å². The van der Waals surface area contributed by atoms with E-state index in [1.54, 1.807) is 18.2 Å². The fourth-order valence-electron chi connectivity index (χ4n) is 2.90. The Morgan fingerprint density at radius 2 is 1.56 bits per heavy atom. The van der Waals surface area contributed by atoms with Crippen LogP contribution in [0.2, 0.25) is 0 Å². The molecule has 0 aromatic heterocycles. The summed E-state index contributed by atoms with van der Waals surface area (Å²) in [5, 5.41) is 0.523. The van der Waals surface area contributed by atoms with Gasteiger partial charge in [-0.25, -0.2) is 13.2 Å². The minimum Gasteiger partial charge on any atom is -0.330 e. The zero-order valence-corrected chi connectivity index (χ0v) is 14.3. The highest BCUT2D eigenvalue weighted by Gasteiger charge is 2.37. The second-order valence-electron chi connectivity index (χ2n) is 5.98. The van der Waals surface area contributed by atoms with Gasteiger partial charge in [0.2, 0.25) is 10.0 Å². The van der Waals surface area contributed by atoms with E-state index in [4.69, 9.17) is 4.84 Å². The van der Waals surface area contributed by atoms with Crippen LogP contribution in [0.5, 0.6) is 0 Å². The van der Waals surface area contributed by atoms with Crippen molar-refractivity contribution in [1.29, 1.82) is 0 Å². The van der Waals surface area contributed by atoms with Gasteiger partial charge in [-0.2, -0.15) is 4.31 Å². The number of benzene rings is 1. The molecule has 2 saturated heterocycles. The van der Waals surface area contributed by atoms with Gasteiger partial charge in [-0.05, 0) is 25.0 Å². The molecule has 134 valence electrons. The first-order valence-electron chi connectivity index (χ1n) is 8.02. The molecule has 0 radical (unpaired) electrons.